The molecule has 2 aliphatic rings. The summed E-state index contributed by atoms with van der Waals surface area (Å²) in [5.74, 6) is 0.700. The SMILES string of the molecule is COc1ccc(-c2cc3c(c(C(F)(F)F)c2)CN2CCNCC32)c(C)c1. The molecule has 1 atom stereocenters. The number of nitrogens with one attached hydrogen (secondary N) is 1. The molecule has 3 nitrogen and oxygen atoms in total. The van der Waals surface area contributed by atoms with Crippen molar-refractivity contribution in [3.05, 3.63) is 52.6 Å². The maximum Gasteiger partial charge on any atom is 0.416 e. The molecule has 0 bridgehead atoms. The molecule has 2 aromatic rings. The van der Waals surface area contributed by atoms with E-state index in [0.29, 0.717) is 30.0 Å². The zero-order valence-corrected chi connectivity index (χ0v) is 14.8. The molecule has 6 heteroatoms. The smallest absolute Gasteiger partial charge is 0.416 e. The topological polar surface area (TPSA) is 24.5 Å². The average molecular weight is 362 g/mol. The maximum atomic E-state index is 13.8. The van der Waals surface area contributed by atoms with Crippen LogP contribution in [0.25, 0.3) is 11.1 Å². The Balaban J connectivity index is 1.88. The zero-order chi connectivity index (χ0) is 18.5. The zero-order valence-electron chi connectivity index (χ0n) is 14.8. The van der Waals surface area contributed by atoms with E-state index in [0.717, 1.165) is 29.8 Å². The highest BCUT2D eigenvalue weighted by Gasteiger charge is 2.41. The lowest BCUT2D eigenvalue weighted by Gasteiger charge is -2.30. The molecule has 0 aliphatic carbocycles. The molecule has 2 aliphatic heterocycles. The van der Waals surface area contributed by atoms with E-state index < -0.39 is 11.7 Å². The van der Waals surface area contributed by atoms with Gasteiger partial charge in [-0.25, -0.2) is 0 Å². The number of alkyl halides is 3. The summed E-state index contributed by atoms with van der Waals surface area (Å²) in [5.41, 5.74) is 3.05. The number of fused-ring (bicyclic) bond motifs is 3. The van der Waals surface area contributed by atoms with Gasteiger partial charge in [0, 0.05) is 32.2 Å². The fourth-order valence-electron chi connectivity index (χ4n) is 4.11. The van der Waals surface area contributed by atoms with Crippen LogP contribution in [-0.4, -0.2) is 31.6 Å². The number of benzene rings is 2. The highest BCUT2D eigenvalue weighted by atomic mass is 19.4. The molecule has 4 rings (SSSR count). The Morgan fingerprint density at radius 2 is 2.00 bits per heavy atom. The van der Waals surface area contributed by atoms with Crippen LogP contribution >= 0.6 is 0 Å². The summed E-state index contributed by atoms with van der Waals surface area (Å²) >= 11 is 0. The molecule has 2 aromatic carbocycles. The molecule has 0 radical (unpaired) electrons. The molecule has 138 valence electrons. The third-order valence-electron chi connectivity index (χ3n) is 5.41. The molecule has 1 fully saturated rings. The molecule has 1 unspecified atom stereocenters. The van der Waals surface area contributed by atoms with Crippen LogP contribution in [0.4, 0.5) is 13.2 Å². The molecular weight excluding hydrogens is 341 g/mol. The van der Waals surface area contributed by atoms with Crippen molar-refractivity contribution >= 4 is 0 Å². The number of nitrogens with zero attached hydrogens (tertiary/aromatic N) is 1. The number of aryl methyl sites for hydroxylation is 1. The minimum Gasteiger partial charge on any atom is -0.497 e. The lowest BCUT2D eigenvalue weighted by molar-refractivity contribution is -0.138. The molecule has 2 heterocycles. The fourth-order valence-corrected chi connectivity index (χ4v) is 4.11. The van der Waals surface area contributed by atoms with E-state index >= 15 is 0 Å². The number of ether oxygens (including phenoxy) is 1. The van der Waals surface area contributed by atoms with Gasteiger partial charge < -0.3 is 10.1 Å². The molecule has 1 saturated heterocycles. The van der Waals surface area contributed by atoms with Crippen LogP contribution in [0.1, 0.15) is 28.3 Å². The van der Waals surface area contributed by atoms with Gasteiger partial charge in [-0.1, -0.05) is 6.07 Å². The molecule has 0 spiro atoms. The second kappa shape index (κ2) is 6.28. The van der Waals surface area contributed by atoms with Gasteiger partial charge in [-0.3, -0.25) is 4.90 Å². The maximum absolute atomic E-state index is 13.8. The Morgan fingerprint density at radius 1 is 1.19 bits per heavy atom. The highest BCUT2D eigenvalue weighted by molar-refractivity contribution is 5.71. The van der Waals surface area contributed by atoms with Crippen LogP contribution in [0, 0.1) is 6.92 Å². The first-order valence-electron chi connectivity index (χ1n) is 8.72. The second-order valence-electron chi connectivity index (χ2n) is 6.96. The Bertz CT molecular complexity index is 848. The number of hydrogen-bond acceptors (Lipinski definition) is 3. The monoisotopic (exact) mass is 362 g/mol. The number of piperazine rings is 1. The summed E-state index contributed by atoms with van der Waals surface area (Å²) in [6, 6.07) is 8.73. The van der Waals surface area contributed by atoms with E-state index in [-0.39, 0.29) is 6.04 Å². The first-order chi connectivity index (χ1) is 12.4. The van der Waals surface area contributed by atoms with Gasteiger partial charge in [0.25, 0.3) is 0 Å². The van der Waals surface area contributed by atoms with Crippen molar-refractivity contribution in [1.82, 2.24) is 10.2 Å². The third-order valence-corrected chi connectivity index (χ3v) is 5.41. The molecule has 0 amide bonds. The van der Waals surface area contributed by atoms with Crippen LogP contribution in [0.2, 0.25) is 0 Å². The number of hydrogen-bond donors (Lipinski definition) is 1. The van der Waals surface area contributed by atoms with Gasteiger partial charge in [0.05, 0.1) is 12.7 Å². The van der Waals surface area contributed by atoms with Crippen molar-refractivity contribution in [2.75, 3.05) is 26.7 Å². The number of rotatable bonds is 2. The van der Waals surface area contributed by atoms with Crippen molar-refractivity contribution in [3.8, 4) is 16.9 Å². The van der Waals surface area contributed by atoms with E-state index in [9.17, 15) is 13.2 Å². The molecular formula is C20H21F3N2O. The summed E-state index contributed by atoms with van der Waals surface area (Å²) in [7, 11) is 1.58. The Labute approximate surface area is 150 Å². The lowest BCUT2D eigenvalue weighted by Crippen LogP contribution is -2.42. The first-order valence-corrected chi connectivity index (χ1v) is 8.72. The summed E-state index contributed by atoms with van der Waals surface area (Å²) < 4.78 is 46.6. The molecule has 0 saturated carbocycles. The number of halogens is 3. The highest BCUT2D eigenvalue weighted by Crippen LogP contribution is 2.44. The minimum absolute atomic E-state index is 0.0124. The van der Waals surface area contributed by atoms with Crippen LogP contribution in [0.15, 0.2) is 30.3 Å². The summed E-state index contributed by atoms with van der Waals surface area (Å²) in [6.45, 7) is 4.55. The van der Waals surface area contributed by atoms with Crippen molar-refractivity contribution in [1.29, 1.82) is 0 Å². The number of methoxy groups -OCH3 is 1. The molecule has 0 aromatic heterocycles. The third kappa shape index (κ3) is 2.87. The lowest BCUT2D eigenvalue weighted by atomic mass is 9.91. The van der Waals surface area contributed by atoms with E-state index in [2.05, 4.69) is 10.2 Å². The largest absolute Gasteiger partial charge is 0.497 e. The van der Waals surface area contributed by atoms with Gasteiger partial charge >= 0.3 is 6.18 Å². The van der Waals surface area contributed by atoms with E-state index in [1.165, 1.54) is 6.07 Å². The first kappa shape index (κ1) is 17.4. The van der Waals surface area contributed by atoms with Crippen molar-refractivity contribution < 1.29 is 17.9 Å². The van der Waals surface area contributed by atoms with Crippen molar-refractivity contribution in [3.63, 3.8) is 0 Å². The minimum atomic E-state index is -4.36. The van der Waals surface area contributed by atoms with Gasteiger partial charge in [0.1, 0.15) is 5.75 Å². The quantitative estimate of drug-likeness (QED) is 0.869. The predicted molar refractivity (Wildman–Crippen MR) is 94.2 cm³/mol. The van der Waals surface area contributed by atoms with Gasteiger partial charge in [0.2, 0.25) is 0 Å². The van der Waals surface area contributed by atoms with E-state index in [1.807, 2.05) is 25.1 Å². The van der Waals surface area contributed by atoms with E-state index in [4.69, 9.17) is 4.74 Å². The van der Waals surface area contributed by atoms with Crippen LogP contribution < -0.4 is 10.1 Å². The van der Waals surface area contributed by atoms with Crippen molar-refractivity contribution in [2.24, 2.45) is 0 Å². The van der Waals surface area contributed by atoms with Gasteiger partial charge in [-0.15, -0.1) is 0 Å². The van der Waals surface area contributed by atoms with Crippen LogP contribution in [0.3, 0.4) is 0 Å². The Kier molecular flexibility index (Phi) is 4.20. The van der Waals surface area contributed by atoms with Crippen LogP contribution in [-0.2, 0) is 12.7 Å². The summed E-state index contributed by atoms with van der Waals surface area (Å²) in [4.78, 5) is 2.14. The summed E-state index contributed by atoms with van der Waals surface area (Å²) in [6.07, 6.45) is -4.36. The Hall–Kier alpha value is -2.05. The van der Waals surface area contributed by atoms with Crippen LogP contribution in [0.5, 0.6) is 5.75 Å². The Morgan fingerprint density at radius 3 is 2.69 bits per heavy atom. The van der Waals surface area contributed by atoms with Gasteiger partial charge in [0.15, 0.2) is 0 Å². The van der Waals surface area contributed by atoms with Gasteiger partial charge in [-0.2, -0.15) is 13.2 Å². The van der Waals surface area contributed by atoms with E-state index in [1.54, 1.807) is 13.2 Å². The average Bonchev–Trinajstić information content (AvgIpc) is 2.98. The standard InChI is InChI=1S/C20H21F3N2O/c1-12-7-14(26-2)3-4-15(12)13-8-16-17(18(9-13)20(21,22)23)11-25-6-5-24-10-19(16)25/h3-4,7-9,19,24H,5-6,10-11H2,1-2H3. The molecule has 26 heavy (non-hydrogen) atoms. The molecule has 1 N–H and O–H groups in total. The predicted octanol–water partition coefficient (Wildman–Crippen LogP) is 4.15. The normalized spacial score (nSPS) is 20.0. The van der Waals surface area contributed by atoms with Gasteiger partial charge in [-0.05, 0) is 59.0 Å². The van der Waals surface area contributed by atoms with Crippen molar-refractivity contribution in [2.45, 2.75) is 25.7 Å². The second-order valence-corrected chi connectivity index (χ2v) is 6.96. The summed E-state index contributed by atoms with van der Waals surface area (Å²) in [5, 5.41) is 3.30. The fraction of sp³-hybridized carbons (Fsp3) is 0.400.